The second-order valence-electron chi connectivity index (χ2n) is 5.48. The zero-order chi connectivity index (χ0) is 11.5. The molecule has 0 amide bonds. The third-order valence-corrected chi connectivity index (χ3v) is 4.05. The SMILES string of the molecule is CCCCCCC1C(CC(=O)O)C1(C)C. The second-order valence-corrected chi connectivity index (χ2v) is 5.48. The van der Waals surface area contributed by atoms with Crippen LogP contribution in [0.4, 0.5) is 0 Å². The van der Waals surface area contributed by atoms with E-state index in [2.05, 4.69) is 20.8 Å². The normalized spacial score (nSPS) is 27.7. The predicted octanol–water partition coefficient (Wildman–Crippen LogP) is 3.70. The molecular formula is C13H24O2. The third kappa shape index (κ3) is 3.22. The topological polar surface area (TPSA) is 37.3 Å². The van der Waals surface area contributed by atoms with Gasteiger partial charge in [0.1, 0.15) is 0 Å². The molecule has 0 saturated heterocycles. The highest BCUT2D eigenvalue weighted by molar-refractivity contribution is 5.67. The van der Waals surface area contributed by atoms with E-state index in [-0.39, 0.29) is 5.41 Å². The number of hydrogen-bond donors (Lipinski definition) is 1. The molecule has 0 radical (unpaired) electrons. The van der Waals surface area contributed by atoms with Gasteiger partial charge >= 0.3 is 5.97 Å². The van der Waals surface area contributed by atoms with Crippen molar-refractivity contribution < 1.29 is 9.90 Å². The van der Waals surface area contributed by atoms with Crippen molar-refractivity contribution in [3.05, 3.63) is 0 Å². The molecule has 1 fully saturated rings. The zero-order valence-corrected chi connectivity index (χ0v) is 10.3. The van der Waals surface area contributed by atoms with Gasteiger partial charge in [-0.05, 0) is 23.7 Å². The molecule has 1 aliphatic rings. The van der Waals surface area contributed by atoms with E-state index >= 15 is 0 Å². The minimum Gasteiger partial charge on any atom is -0.481 e. The summed E-state index contributed by atoms with van der Waals surface area (Å²) in [6.07, 6.45) is 6.76. The van der Waals surface area contributed by atoms with Crippen molar-refractivity contribution in [1.29, 1.82) is 0 Å². The van der Waals surface area contributed by atoms with Crippen LogP contribution < -0.4 is 0 Å². The lowest BCUT2D eigenvalue weighted by Crippen LogP contribution is -1.99. The van der Waals surface area contributed by atoms with E-state index in [1.54, 1.807) is 0 Å². The molecule has 0 aromatic carbocycles. The van der Waals surface area contributed by atoms with Crippen LogP contribution in [-0.4, -0.2) is 11.1 Å². The van der Waals surface area contributed by atoms with Gasteiger partial charge in [0.15, 0.2) is 0 Å². The molecule has 1 rings (SSSR count). The first-order valence-corrected chi connectivity index (χ1v) is 6.22. The molecule has 15 heavy (non-hydrogen) atoms. The maximum absolute atomic E-state index is 10.7. The summed E-state index contributed by atoms with van der Waals surface area (Å²) >= 11 is 0. The number of rotatable bonds is 7. The summed E-state index contributed by atoms with van der Waals surface area (Å²) in [5, 5.41) is 8.78. The monoisotopic (exact) mass is 212 g/mol. The zero-order valence-electron chi connectivity index (χ0n) is 10.3. The van der Waals surface area contributed by atoms with Crippen LogP contribution in [0.2, 0.25) is 0 Å². The standard InChI is InChI=1S/C13H24O2/c1-4-5-6-7-8-10-11(9-12(14)15)13(10,2)3/h10-11H,4-9H2,1-3H3,(H,14,15). The van der Waals surface area contributed by atoms with Gasteiger partial charge in [-0.15, -0.1) is 0 Å². The first-order chi connectivity index (χ1) is 7.00. The fourth-order valence-corrected chi connectivity index (χ4v) is 2.82. The Kier molecular flexibility index (Phi) is 4.18. The van der Waals surface area contributed by atoms with Crippen LogP contribution >= 0.6 is 0 Å². The minimum atomic E-state index is -0.635. The van der Waals surface area contributed by atoms with E-state index in [0.717, 1.165) is 0 Å². The Balaban J connectivity index is 2.22. The van der Waals surface area contributed by atoms with Gasteiger partial charge in [0.25, 0.3) is 0 Å². The van der Waals surface area contributed by atoms with Crippen molar-refractivity contribution in [3.8, 4) is 0 Å². The lowest BCUT2D eigenvalue weighted by Gasteiger charge is -2.01. The molecule has 0 heterocycles. The van der Waals surface area contributed by atoms with Gasteiger partial charge in [-0.25, -0.2) is 0 Å². The van der Waals surface area contributed by atoms with Crippen LogP contribution in [0.15, 0.2) is 0 Å². The van der Waals surface area contributed by atoms with Crippen LogP contribution in [0, 0.1) is 17.3 Å². The van der Waals surface area contributed by atoms with Gasteiger partial charge in [-0.3, -0.25) is 4.79 Å². The summed E-state index contributed by atoms with van der Waals surface area (Å²) in [7, 11) is 0. The lowest BCUT2D eigenvalue weighted by atomic mass is 10.0. The molecular weight excluding hydrogens is 188 g/mol. The van der Waals surface area contributed by atoms with Crippen molar-refractivity contribution >= 4 is 5.97 Å². The number of carboxylic acids is 1. The van der Waals surface area contributed by atoms with Crippen molar-refractivity contribution in [2.45, 2.75) is 59.3 Å². The molecule has 0 aromatic rings. The Morgan fingerprint density at radius 1 is 1.20 bits per heavy atom. The van der Waals surface area contributed by atoms with Crippen LogP contribution in [0.1, 0.15) is 59.3 Å². The number of aliphatic carboxylic acids is 1. The van der Waals surface area contributed by atoms with Crippen molar-refractivity contribution in [3.63, 3.8) is 0 Å². The molecule has 1 N–H and O–H groups in total. The fourth-order valence-electron chi connectivity index (χ4n) is 2.82. The summed E-state index contributed by atoms with van der Waals surface area (Å²) < 4.78 is 0. The summed E-state index contributed by atoms with van der Waals surface area (Å²) in [4.78, 5) is 10.7. The highest BCUT2D eigenvalue weighted by Gasteiger charge is 2.56. The van der Waals surface area contributed by atoms with Crippen molar-refractivity contribution in [2.24, 2.45) is 17.3 Å². The van der Waals surface area contributed by atoms with Crippen LogP contribution in [-0.2, 0) is 4.79 Å². The van der Waals surface area contributed by atoms with E-state index in [9.17, 15) is 4.79 Å². The highest BCUT2D eigenvalue weighted by atomic mass is 16.4. The Labute approximate surface area is 93.1 Å². The average Bonchev–Trinajstić information content (AvgIpc) is 2.62. The van der Waals surface area contributed by atoms with Gasteiger partial charge in [-0.1, -0.05) is 46.5 Å². The summed E-state index contributed by atoms with van der Waals surface area (Å²) in [5.41, 5.74) is 0.282. The quantitative estimate of drug-likeness (QED) is 0.653. The van der Waals surface area contributed by atoms with E-state index in [1.165, 1.54) is 32.1 Å². The smallest absolute Gasteiger partial charge is 0.303 e. The Morgan fingerprint density at radius 3 is 2.40 bits per heavy atom. The van der Waals surface area contributed by atoms with Gasteiger partial charge in [0.05, 0.1) is 0 Å². The summed E-state index contributed by atoms with van der Waals surface area (Å²) in [5.74, 6) is 0.450. The second kappa shape index (κ2) is 5.00. The highest BCUT2D eigenvalue weighted by Crippen LogP contribution is 2.62. The minimum absolute atomic E-state index is 0.282. The van der Waals surface area contributed by atoms with Gasteiger partial charge in [0.2, 0.25) is 0 Å². The van der Waals surface area contributed by atoms with Gasteiger partial charge in [-0.2, -0.15) is 0 Å². The molecule has 0 aliphatic heterocycles. The molecule has 1 aliphatic carbocycles. The van der Waals surface area contributed by atoms with Crippen LogP contribution in [0.5, 0.6) is 0 Å². The Bertz CT molecular complexity index is 221. The fraction of sp³-hybridized carbons (Fsp3) is 0.923. The van der Waals surface area contributed by atoms with Crippen LogP contribution in [0.25, 0.3) is 0 Å². The maximum atomic E-state index is 10.7. The first kappa shape index (κ1) is 12.5. The Morgan fingerprint density at radius 2 is 1.87 bits per heavy atom. The largest absolute Gasteiger partial charge is 0.481 e. The van der Waals surface area contributed by atoms with Crippen LogP contribution in [0.3, 0.4) is 0 Å². The van der Waals surface area contributed by atoms with Crippen molar-refractivity contribution in [1.82, 2.24) is 0 Å². The van der Waals surface area contributed by atoms with Gasteiger partial charge in [0, 0.05) is 6.42 Å². The number of hydrogen-bond acceptors (Lipinski definition) is 1. The number of unbranched alkanes of at least 4 members (excludes halogenated alkanes) is 3. The van der Waals surface area contributed by atoms with E-state index < -0.39 is 5.97 Å². The average molecular weight is 212 g/mol. The summed E-state index contributed by atoms with van der Waals surface area (Å²) in [6, 6.07) is 0. The molecule has 0 aromatic heterocycles. The first-order valence-electron chi connectivity index (χ1n) is 6.22. The van der Waals surface area contributed by atoms with E-state index in [0.29, 0.717) is 18.3 Å². The molecule has 2 atom stereocenters. The number of carboxylic acid groups (broad SMARTS) is 1. The van der Waals surface area contributed by atoms with E-state index in [4.69, 9.17) is 5.11 Å². The maximum Gasteiger partial charge on any atom is 0.303 e. The molecule has 2 nitrogen and oxygen atoms in total. The molecule has 0 bridgehead atoms. The summed E-state index contributed by atoms with van der Waals surface area (Å²) in [6.45, 7) is 6.64. The van der Waals surface area contributed by atoms with Gasteiger partial charge < -0.3 is 5.11 Å². The molecule has 1 saturated carbocycles. The Hall–Kier alpha value is -0.530. The molecule has 88 valence electrons. The third-order valence-electron chi connectivity index (χ3n) is 4.05. The lowest BCUT2D eigenvalue weighted by molar-refractivity contribution is -0.137. The molecule has 2 heteroatoms. The molecule has 2 unspecified atom stereocenters. The molecule has 0 spiro atoms. The van der Waals surface area contributed by atoms with E-state index in [1.807, 2.05) is 0 Å². The number of carbonyl (C=O) groups is 1. The predicted molar refractivity (Wildman–Crippen MR) is 61.8 cm³/mol. The van der Waals surface area contributed by atoms with Crippen molar-refractivity contribution in [2.75, 3.05) is 0 Å².